The molecule has 15 heavy (non-hydrogen) atoms. The van der Waals surface area contributed by atoms with Crippen LogP contribution in [0.4, 0.5) is 0 Å². The number of carbonyl (C=O) groups is 1. The molecular weight excluding hydrogens is 190 g/mol. The summed E-state index contributed by atoms with van der Waals surface area (Å²) in [5, 5.41) is 0. The summed E-state index contributed by atoms with van der Waals surface area (Å²) < 4.78 is 5.26. The van der Waals surface area contributed by atoms with E-state index in [0.717, 1.165) is 18.7 Å². The van der Waals surface area contributed by atoms with Crippen molar-refractivity contribution in [3.63, 3.8) is 0 Å². The highest BCUT2D eigenvalue weighted by Gasteiger charge is 2.05. The van der Waals surface area contributed by atoms with E-state index < -0.39 is 0 Å². The number of pyridine rings is 1. The van der Waals surface area contributed by atoms with Gasteiger partial charge in [0, 0.05) is 30.5 Å². The summed E-state index contributed by atoms with van der Waals surface area (Å²) in [6, 6.07) is 3.66. The molecule has 0 aromatic carbocycles. The monoisotopic (exact) mass is 207 g/mol. The first-order valence-corrected chi connectivity index (χ1v) is 5.27. The molecule has 3 heteroatoms. The topological polar surface area (TPSA) is 39.2 Å². The van der Waals surface area contributed by atoms with Crippen molar-refractivity contribution >= 4 is 5.78 Å². The van der Waals surface area contributed by atoms with E-state index in [1.54, 1.807) is 6.20 Å². The molecule has 1 aromatic heterocycles. The van der Waals surface area contributed by atoms with Crippen LogP contribution in [0, 0.1) is 6.92 Å². The van der Waals surface area contributed by atoms with Gasteiger partial charge in [-0.15, -0.1) is 0 Å². The van der Waals surface area contributed by atoms with Gasteiger partial charge in [-0.05, 0) is 25.5 Å². The zero-order chi connectivity index (χ0) is 11.1. The van der Waals surface area contributed by atoms with Gasteiger partial charge in [-0.3, -0.25) is 9.78 Å². The van der Waals surface area contributed by atoms with Crippen LogP contribution in [-0.2, 0) is 4.74 Å². The fraction of sp³-hybridized carbons (Fsp3) is 0.500. The lowest BCUT2D eigenvalue weighted by Gasteiger charge is -2.02. The molecule has 0 N–H and O–H groups in total. The van der Waals surface area contributed by atoms with Crippen LogP contribution in [0.25, 0.3) is 0 Å². The standard InChI is InChI=1S/C12H17NO2/c1-3-7-15-8-6-12(14)11-5-4-10(2)13-9-11/h4-5,9H,3,6-8H2,1-2H3. The molecule has 0 fully saturated rings. The van der Waals surface area contributed by atoms with Gasteiger partial charge in [-0.25, -0.2) is 0 Å². The molecule has 82 valence electrons. The number of ketones is 1. The summed E-state index contributed by atoms with van der Waals surface area (Å²) in [5.41, 5.74) is 1.59. The van der Waals surface area contributed by atoms with Crippen LogP contribution in [0.15, 0.2) is 18.3 Å². The smallest absolute Gasteiger partial charge is 0.166 e. The predicted molar refractivity (Wildman–Crippen MR) is 59.0 cm³/mol. The number of hydrogen-bond acceptors (Lipinski definition) is 3. The average molecular weight is 207 g/mol. The number of hydrogen-bond donors (Lipinski definition) is 0. The van der Waals surface area contributed by atoms with Crippen molar-refractivity contribution < 1.29 is 9.53 Å². The molecular formula is C12H17NO2. The molecule has 1 heterocycles. The summed E-state index contributed by atoms with van der Waals surface area (Å²) >= 11 is 0. The number of carbonyl (C=O) groups excluding carboxylic acids is 1. The molecule has 0 saturated carbocycles. The first kappa shape index (κ1) is 11.9. The predicted octanol–water partition coefficient (Wildman–Crippen LogP) is 2.39. The van der Waals surface area contributed by atoms with E-state index in [9.17, 15) is 4.79 Å². The first-order chi connectivity index (χ1) is 7.24. The molecule has 0 spiro atoms. The minimum atomic E-state index is 0.0959. The Kier molecular flexibility index (Phi) is 4.98. The maximum Gasteiger partial charge on any atom is 0.166 e. The highest BCUT2D eigenvalue weighted by atomic mass is 16.5. The molecule has 0 atom stereocenters. The molecule has 0 aliphatic heterocycles. The van der Waals surface area contributed by atoms with E-state index in [0.29, 0.717) is 18.6 Å². The molecule has 0 saturated heterocycles. The van der Waals surface area contributed by atoms with E-state index in [1.165, 1.54) is 0 Å². The number of nitrogens with zero attached hydrogens (tertiary/aromatic N) is 1. The second-order valence-corrected chi connectivity index (χ2v) is 3.47. The maximum absolute atomic E-state index is 11.6. The molecule has 0 unspecified atom stereocenters. The van der Waals surface area contributed by atoms with Gasteiger partial charge in [0.15, 0.2) is 5.78 Å². The van der Waals surface area contributed by atoms with Gasteiger partial charge in [0.25, 0.3) is 0 Å². The molecule has 0 aliphatic rings. The minimum absolute atomic E-state index is 0.0959. The summed E-state index contributed by atoms with van der Waals surface area (Å²) in [6.45, 7) is 5.17. The Morgan fingerprint density at radius 2 is 2.20 bits per heavy atom. The zero-order valence-electron chi connectivity index (χ0n) is 9.32. The number of rotatable bonds is 6. The third-order valence-electron chi connectivity index (χ3n) is 2.06. The highest BCUT2D eigenvalue weighted by Crippen LogP contribution is 2.03. The van der Waals surface area contributed by atoms with Crippen molar-refractivity contribution in [3.05, 3.63) is 29.6 Å². The Hall–Kier alpha value is -1.22. The van der Waals surface area contributed by atoms with Crippen molar-refractivity contribution in [1.82, 2.24) is 4.98 Å². The third-order valence-corrected chi connectivity index (χ3v) is 2.06. The van der Waals surface area contributed by atoms with Gasteiger partial charge in [-0.1, -0.05) is 6.92 Å². The van der Waals surface area contributed by atoms with E-state index >= 15 is 0 Å². The van der Waals surface area contributed by atoms with Gasteiger partial charge >= 0.3 is 0 Å². The number of ether oxygens (including phenoxy) is 1. The molecule has 0 bridgehead atoms. The summed E-state index contributed by atoms with van der Waals surface area (Å²) in [4.78, 5) is 15.7. The van der Waals surface area contributed by atoms with Crippen LogP contribution in [0.5, 0.6) is 0 Å². The van der Waals surface area contributed by atoms with Crippen LogP contribution >= 0.6 is 0 Å². The largest absolute Gasteiger partial charge is 0.381 e. The summed E-state index contributed by atoms with van der Waals surface area (Å²) in [5.74, 6) is 0.0959. The highest BCUT2D eigenvalue weighted by molar-refractivity contribution is 5.95. The molecule has 1 aromatic rings. The summed E-state index contributed by atoms with van der Waals surface area (Å²) in [6.07, 6.45) is 3.04. The van der Waals surface area contributed by atoms with Crippen molar-refractivity contribution in [2.75, 3.05) is 13.2 Å². The summed E-state index contributed by atoms with van der Waals surface area (Å²) in [7, 11) is 0. The lowest BCUT2D eigenvalue weighted by molar-refractivity contribution is 0.0878. The van der Waals surface area contributed by atoms with Gasteiger partial charge in [0.1, 0.15) is 0 Å². The molecule has 0 aliphatic carbocycles. The number of Topliss-reactive ketones (excluding diaryl/α,β-unsaturated/α-hetero) is 1. The Labute approximate surface area is 90.5 Å². The van der Waals surface area contributed by atoms with Crippen LogP contribution in [-0.4, -0.2) is 24.0 Å². The number of aryl methyl sites for hydroxylation is 1. The van der Waals surface area contributed by atoms with Gasteiger partial charge in [0.05, 0.1) is 6.61 Å². The van der Waals surface area contributed by atoms with Crippen molar-refractivity contribution in [1.29, 1.82) is 0 Å². The lowest BCUT2D eigenvalue weighted by Crippen LogP contribution is -2.05. The van der Waals surface area contributed by atoms with Crippen LogP contribution < -0.4 is 0 Å². The van der Waals surface area contributed by atoms with Crippen molar-refractivity contribution in [3.8, 4) is 0 Å². The SMILES string of the molecule is CCCOCCC(=O)c1ccc(C)nc1. The van der Waals surface area contributed by atoms with Gasteiger partial charge in [0.2, 0.25) is 0 Å². The Morgan fingerprint density at radius 1 is 1.40 bits per heavy atom. The maximum atomic E-state index is 11.6. The quantitative estimate of drug-likeness (QED) is 0.531. The second kappa shape index (κ2) is 6.30. The van der Waals surface area contributed by atoms with Crippen LogP contribution in [0.2, 0.25) is 0 Å². The molecule has 3 nitrogen and oxygen atoms in total. The minimum Gasteiger partial charge on any atom is -0.381 e. The fourth-order valence-corrected chi connectivity index (χ4v) is 1.19. The van der Waals surface area contributed by atoms with Crippen molar-refractivity contribution in [2.45, 2.75) is 26.7 Å². The third kappa shape index (κ3) is 4.21. The van der Waals surface area contributed by atoms with E-state index in [2.05, 4.69) is 4.98 Å². The van der Waals surface area contributed by atoms with E-state index in [-0.39, 0.29) is 5.78 Å². The normalized spacial score (nSPS) is 10.3. The molecule has 1 rings (SSSR count). The molecule has 0 radical (unpaired) electrons. The average Bonchev–Trinajstić information content (AvgIpc) is 2.25. The number of aromatic nitrogens is 1. The Bertz CT molecular complexity index is 306. The van der Waals surface area contributed by atoms with Crippen LogP contribution in [0.1, 0.15) is 35.8 Å². The Balaban J connectivity index is 2.37. The zero-order valence-corrected chi connectivity index (χ0v) is 9.32. The second-order valence-electron chi connectivity index (χ2n) is 3.47. The first-order valence-electron chi connectivity index (χ1n) is 5.27. The van der Waals surface area contributed by atoms with E-state index in [4.69, 9.17) is 4.74 Å². The fourth-order valence-electron chi connectivity index (χ4n) is 1.19. The van der Waals surface area contributed by atoms with Crippen LogP contribution in [0.3, 0.4) is 0 Å². The van der Waals surface area contributed by atoms with Gasteiger partial charge in [-0.2, -0.15) is 0 Å². The van der Waals surface area contributed by atoms with Crippen molar-refractivity contribution in [2.24, 2.45) is 0 Å². The lowest BCUT2D eigenvalue weighted by atomic mass is 10.1. The van der Waals surface area contributed by atoms with Gasteiger partial charge < -0.3 is 4.74 Å². The van der Waals surface area contributed by atoms with E-state index in [1.807, 2.05) is 26.0 Å². The Morgan fingerprint density at radius 3 is 2.80 bits per heavy atom. The molecule has 0 amide bonds.